The van der Waals surface area contributed by atoms with Crippen LogP contribution in [0.1, 0.15) is 26.2 Å². The lowest BCUT2D eigenvalue weighted by atomic mass is 9.88. The fraction of sp³-hybridized carbons (Fsp3) is 1.00. The van der Waals surface area contributed by atoms with Crippen LogP contribution in [0.2, 0.25) is 0 Å². The van der Waals surface area contributed by atoms with Gasteiger partial charge in [-0.25, -0.2) is 0 Å². The molecule has 0 radical (unpaired) electrons. The van der Waals surface area contributed by atoms with Gasteiger partial charge in [-0.05, 0) is 19.3 Å². The van der Waals surface area contributed by atoms with E-state index in [9.17, 15) is 0 Å². The molecule has 13 heavy (non-hydrogen) atoms. The van der Waals surface area contributed by atoms with E-state index in [4.69, 9.17) is 10.5 Å². The first-order valence-corrected chi connectivity index (χ1v) is 5.35. The van der Waals surface area contributed by atoms with Crippen molar-refractivity contribution < 1.29 is 4.74 Å². The summed E-state index contributed by atoms with van der Waals surface area (Å²) < 4.78 is 5.58. The highest BCUT2D eigenvalue weighted by Gasteiger charge is 2.38. The van der Waals surface area contributed by atoms with Gasteiger partial charge in [-0.2, -0.15) is 0 Å². The Hall–Kier alpha value is -0.120. The average Bonchev–Trinajstić information content (AvgIpc) is 2.54. The molecule has 0 spiro atoms. The van der Waals surface area contributed by atoms with Gasteiger partial charge in [0.1, 0.15) is 0 Å². The zero-order valence-electron chi connectivity index (χ0n) is 8.46. The highest BCUT2D eigenvalue weighted by atomic mass is 16.5. The Morgan fingerprint density at radius 2 is 2.31 bits per heavy atom. The normalized spacial score (nSPS) is 33.2. The second-order valence-corrected chi connectivity index (χ2v) is 4.52. The summed E-state index contributed by atoms with van der Waals surface area (Å²) in [6, 6.07) is 0. The van der Waals surface area contributed by atoms with E-state index >= 15 is 0 Å². The molecule has 3 nitrogen and oxygen atoms in total. The van der Waals surface area contributed by atoms with Crippen molar-refractivity contribution in [2.24, 2.45) is 5.73 Å². The summed E-state index contributed by atoms with van der Waals surface area (Å²) in [5, 5.41) is 0. The summed E-state index contributed by atoms with van der Waals surface area (Å²) in [4.78, 5) is 2.42. The SMILES string of the molecule is CCC1(N)CN(CC2CCCO2)C1. The maximum Gasteiger partial charge on any atom is 0.0702 e. The molecule has 2 fully saturated rings. The van der Waals surface area contributed by atoms with Crippen molar-refractivity contribution in [3.05, 3.63) is 0 Å². The zero-order valence-corrected chi connectivity index (χ0v) is 8.46. The average molecular weight is 184 g/mol. The van der Waals surface area contributed by atoms with Crippen LogP contribution in [0.25, 0.3) is 0 Å². The van der Waals surface area contributed by atoms with Crippen LogP contribution in [-0.2, 0) is 4.74 Å². The summed E-state index contributed by atoms with van der Waals surface area (Å²) in [6.07, 6.45) is 4.05. The Labute approximate surface area is 80.2 Å². The van der Waals surface area contributed by atoms with Crippen LogP contribution in [0.4, 0.5) is 0 Å². The molecule has 0 aromatic carbocycles. The monoisotopic (exact) mass is 184 g/mol. The lowest BCUT2D eigenvalue weighted by Gasteiger charge is -2.48. The Morgan fingerprint density at radius 1 is 1.54 bits per heavy atom. The summed E-state index contributed by atoms with van der Waals surface area (Å²) in [7, 11) is 0. The molecule has 0 amide bonds. The van der Waals surface area contributed by atoms with Gasteiger partial charge in [0, 0.05) is 31.8 Å². The number of hydrogen-bond acceptors (Lipinski definition) is 3. The van der Waals surface area contributed by atoms with Crippen LogP contribution >= 0.6 is 0 Å². The third kappa shape index (κ3) is 2.03. The predicted octanol–water partition coefficient (Wildman–Crippen LogP) is 0.588. The Balaban J connectivity index is 1.68. The van der Waals surface area contributed by atoms with Gasteiger partial charge in [-0.15, -0.1) is 0 Å². The second kappa shape index (κ2) is 3.56. The van der Waals surface area contributed by atoms with E-state index in [1.54, 1.807) is 0 Å². The smallest absolute Gasteiger partial charge is 0.0702 e. The highest BCUT2D eigenvalue weighted by Crippen LogP contribution is 2.23. The van der Waals surface area contributed by atoms with E-state index in [0.717, 1.165) is 32.7 Å². The fourth-order valence-corrected chi connectivity index (χ4v) is 2.27. The summed E-state index contributed by atoms with van der Waals surface area (Å²) in [5.41, 5.74) is 6.19. The quantitative estimate of drug-likeness (QED) is 0.697. The number of likely N-dealkylation sites (tertiary alicyclic amines) is 1. The minimum absolute atomic E-state index is 0.110. The van der Waals surface area contributed by atoms with Crippen molar-refractivity contribution in [1.82, 2.24) is 4.90 Å². The molecule has 0 bridgehead atoms. The minimum atomic E-state index is 0.110. The summed E-state index contributed by atoms with van der Waals surface area (Å²) in [6.45, 7) is 6.34. The first-order chi connectivity index (χ1) is 6.22. The molecule has 2 N–H and O–H groups in total. The van der Waals surface area contributed by atoms with Gasteiger partial charge in [0.2, 0.25) is 0 Å². The van der Waals surface area contributed by atoms with Crippen molar-refractivity contribution in [2.45, 2.75) is 37.8 Å². The molecular formula is C10H20N2O. The van der Waals surface area contributed by atoms with E-state index in [1.165, 1.54) is 12.8 Å². The lowest BCUT2D eigenvalue weighted by Crippen LogP contribution is -2.67. The van der Waals surface area contributed by atoms with Crippen LogP contribution in [0.5, 0.6) is 0 Å². The third-order valence-electron chi connectivity index (χ3n) is 3.27. The Kier molecular flexibility index (Phi) is 2.58. The summed E-state index contributed by atoms with van der Waals surface area (Å²) in [5.74, 6) is 0. The number of ether oxygens (including phenoxy) is 1. The van der Waals surface area contributed by atoms with Crippen LogP contribution in [0, 0.1) is 0 Å². The van der Waals surface area contributed by atoms with E-state index in [0.29, 0.717) is 6.10 Å². The highest BCUT2D eigenvalue weighted by molar-refractivity contribution is 4.99. The molecule has 0 aromatic heterocycles. The minimum Gasteiger partial charge on any atom is -0.377 e. The van der Waals surface area contributed by atoms with Crippen LogP contribution in [0.3, 0.4) is 0 Å². The fourth-order valence-electron chi connectivity index (χ4n) is 2.27. The molecule has 2 aliphatic rings. The van der Waals surface area contributed by atoms with Gasteiger partial charge in [0.05, 0.1) is 6.10 Å². The van der Waals surface area contributed by atoms with Gasteiger partial charge < -0.3 is 10.5 Å². The zero-order chi connectivity index (χ0) is 9.31. The molecule has 3 heteroatoms. The topological polar surface area (TPSA) is 38.5 Å². The lowest BCUT2D eigenvalue weighted by molar-refractivity contribution is 0.00951. The molecule has 2 saturated heterocycles. The Bertz CT molecular complexity index is 172. The molecule has 0 saturated carbocycles. The largest absolute Gasteiger partial charge is 0.377 e. The van der Waals surface area contributed by atoms with Gasteiger partial charge in [-0.1, -0.05) is 6.92 Å². The first kappa shape index (κ1) is 9.44. The molecular weight excluding hydrogens is 164 g/mol. The van der Waals surface area contributed by atoms with Crippen LogP contribution in [-0.4, -0.2) is 42.8 Å². The molecule has 2 aliphatic heterocycles. The van der Waals surface area contributed by atoms with E-state index < -0.39 is 0 Å². The van der Waals surface area contributed by atoms with E-state index in [-0.39, 0.29) is 5.54 Å². The maximum atomic E-state index is 6.08. The van der Waals surface area contributed by atoms with E-state index in [2.05, 4.69) is 11.8 Å². The van der Waals surface area contributed by atoms with Gasteiger partial charge in [0.15, 0.2) is 0 Å². The standard InChI is InChI=1S/C10H20N2O/c1-2-10(11)7-12(8-10)6-9-4-3-5-13-9/h9H,2-8,11H2,1H3. The maximum absolute atomic E-state index is 6.08. The van der Waals surface area contributed by atoms with Crippen molar-refractivity contribution >= 4 is 0 Å². The molecule has 2 rings (SSSR count). The van der Waals surface area contributed by atoms with Crippen LogP contribution < -0.4 is 5.73 Å². The summed E-state index contributed by atoms with van der Waals surface area (Å²) >= 11 is 0. The first-order valence-electron chi connectivity index (χ1n) is 5.35. The molecule has 1 atom stereocenters. The molecule has 0 aliphatic carbocycles. The predicted molar refractivity (Wildman–Crippen MR) is 52.6 cm³/mol. The second-order valence-electron chi connectivity index (χ2n) is 4.52. The van der Waals surface area contributed by atoms with Crippen molar-refractivity contribution in [1.29, 1.82) is 0 Å². The third-order valence-corrected chi connectivity index (χ3v) is 3.27. The number of nitrogens with zero attached hydrogens (tertiary/aromatic N) is 1. The number of nitrogens with two attached hydrogens (primary N) is 1. The van der Waals surface area contributed by atoms with Gasteiger partial charge in [-0.3, -0.25) is 4.90 Å². The Morgan fingerprint density at radius 3 is 2.85 bits per heavy atom. The van der Waals surface area contributed by atoms with Crippen LogP contribution in [0.15, 0.2) is 0 Å². The van der Waals surface area contributed by atoms with Crippen molar-refractivity contribution in [2.75, 3.05) is 26.2 Å². The molecule has 0 aromatic rings. The van der Waals surface area contributed by atoms with E-state index in [1.807, 2.05) is 0 Å². The van der Waals surface area contributed by atoms with Crippen molar-refractivity contribution in [3.63, 3.8) is 0 Å². The molecule has 2 heterocycles. The number of hydrogen-bond donors (Lipinski definition) is 1. The molecule has 76 valence electrons. The van der Waals surface area contributed by atoms with Gasteiger partial charge >= 0.3 is 0 Å². The van der Waals surface area contributed by atoms with Gasteiger partial charge in [0.25, 0.3) is 0 Å². The molecule has 1 unspecified atom stereocenters. The number of rotatable bonds is 3. The van der Waals surface area contributed by atoms with Crippen molar-refractivity contribution in [3.8, 4) is 0 Å².